The standard InChI is InChI=1S/C13H18N4O2/c1-9-5-11-16-10(8-17(11)15-6-9)7-14-12(18)19-13(2,3)4/h5-6,8H,7H2,1-4H3,(H,14,18). The fourth-order valence-corrected chi connectivity index (χ4v) is 1.58. The monoisotopic (exact) mass is 262 g/mol. The zero-order valence-corrected chi connectivity index (χ0v) is 11.6. The van der Waals surface area contributed by atoms with E-state index < -0.39 is 11.7 Å². The van der Waals surface area contributed by atoms with Crippen molar-refractivity contribution in [3.8, 4) is 0 Å². The molecule has 102 valence electrons. The fraction of sp³-hybridized carbons (Fsp3) is 0.462. The summed E-state index contributed by atoms with van der Waals surface area (Å²) in [6.07, 6.45) is 3.10. The van der Waals surface area contributed by atoms with Crippen LogP contribution in [0.1, 0.15) is 32.0 Å². The number of carbonyl (C=O) groups is 1. The first-order chi connectivity index (χ1) is 8.83. The molecule has 2 aromatic rings. The van der Waals surface area contributed by atoms with E-state index in [4.69, 9.17) is 4.74 Å². The molecular formula is C13H18N4O2. The molecule has 0 aliphatic carbocycles. The maximum atomic E-state index is 11.5. The number of nitrogens with zero attached hydrogens (tertiary/aromatic N) is 3. The van der Waals surface area contributed by atoms with Crippen molar-refractivity contribution in [2.24, 2.45) is 0 Å². The topological polar surface area (TPSA) is 68.5 Å². The van der Waals surface area contributed by atoms with Gasteiger partial charge in [-0.25, -0.2) is 14.3 Å². The molecule has 6 heteroatoms. The SMILES string of the molecule is Cc1cnn2cc(CNC(=O)OC(C)(C)C)nc2c1. The van der Waals surface area contributed by atoms with Gasteiger partial charge in [-0.15, -0.1) is 0 Å². The Morgan fingerprint density at radius 2 is 2.21 bits per heavy atom. The molecule has 0 unspecified atom stereocenters. The number of aryl methyl sites for hydroxylation is 1. The minimum atomic E-state index is -0.498. The van der Waals surface area contributed by atoms with E-state index in [1.54, 1.807) is 16.9 Å². The van der Waals surface area contributed by atoms with Gasteiger partial charge in [-0.3, -0.25) is 0 Å². The molecule has 0 aliphatic heterocycles. The number of amides is 1. The summed E-state index contributed by atoms with van der Waals surface area (Å²) in [5.74, 6) is 0. The Labute approximate surface area is 111 Å². The molecule has 0 saturated heterocycles. The lowest BCUT2D eigenvalue weighted by Gasteiger charge is -2.19. The van der Waals surface area contributed by atoms with Gasteiger partial charge in [-0.1, -0.05) is 0 Å². The van der Waals surface area contributed by atoms with Gasteiger partial charge in [0.15, 0.2) is 5.65 Å². The molecule has 0 fully saturated rings. The third kappa shape index (κ3) is 3.67. The Morgan fingerprint density at radius 3 is 2.89 bits per heavy atom. The molecule has 19 heavy (non-hydrogen) atoms. The second-order valence-electron chi connectivity index (χ2n) is 5.42. The molecule has 0 bridgehead atoms. The highest BCUT2D eigenvalue weighted by Gasteiger charge is 2.16. The molecule has 1 amide bonds. The number of alkyl carbamates (subject to hydrolysis) is 1. The largest absolute Gasteiger partial charge is 0.444 e. The Balaban J connectivity index is 2.00. The summed E-state index contributed by atoms with van der Waals surface area (Å²) in [5, 5.41) is 6.86. The summed E-state index contributed by atoms with van der Waals surface area (Å²) >= 11 is 0. The van der Waals surface area contributed by atoms with E-state index in [2.05, 4.69) is 15.4 Å². The van der Waals surface area contributed by atoms with Gasteiger partial charge < -0.3 is 10.1 Å². The third-order valence-corrected chi connectivity index (χ3v) is 2.32. The van der Waals surface area contributed by atoms with Crippen LogP contribution in [0.3, 0.4) is 0 Å². The van der Waals surface area contributed by atoms with Crippen LogP contribution in [-0.2, 0) is 11.3 Å². The Morgan fingerprint density at radius 1 is 1.47 bits per heavy atom. The van der Waals surface area contributed by atoms with E-state index in [1.807, 2.05) is 33.8 Å². The van der Waals surface area contributed by atoms with E-state index in [0.29, 0.717) is 6.54 Å². The summed E-state index contributed by atoms with van der Waals surface area (Å²) in [4.78, 5) is 15.9. The number of ether oxygens (including phenoxy) is 1. The van der Waals surface area contributed by atoms with Crippen LogP contribution in [0.5, 0.6) is 0 Å². The van der Waals surface area contributed by atoms with Gasteiger partial charge in [0.1, 0.15) is 5.60 Å². The van der Waals surface area contributed by atoms with Crippen molar-refractivity contribution in [2.75, 3.05) is 0 Å². The Bertz CT molecular complexity index is 598. The number of hydrogen-bond acceptors (Lipinski definition) is 4. The lowest BCUT2D eigenvalue weighted by molar-refractivity contribution is 0.0523. The number of imidazole rings is 1. The van der Waals surface area contributed by atoms with Crippen molar-refractivity contribution in [1.82, 2.24) is 19.9 Å². The summed E-state index contributed by atoms with van der Waals surface area (Å²) in [6, 6.07) is 1.93. The average molecular weight is 262 g/mol. The fourth-order valence-electron chi connectivity index (χ4n) is 1.58. The number of rotatable bonds is 2. The lowest BCUT2D eigenvalue weighted by atomic mass is 10.2. The maximum absolute atomic E-state index is 11.5. The number of fused-ring (bicyclic) bond motifs is 1. The van der Waals surface area contributed by atoms with Gasteiger partial charge in [0, 0.05) is 0 Å². The van der Waals surface area contributed by atoms with E-state index in [9.17, 15) is 4.79 Å². The summed E-state index contributed by atoms with van der Waals surface area (Å²) in [6.45, 7) is 7.75. The molecule has 2 rings (SSSR count). The van der Waals surface area contributed by atoms with E-state index in [-0.39, 0.29) is 0 Å². The minimum absolute atomic E-state index is 0.317. The van der Waals surface area contributed by atoms with Gasteiger partial charge in [0.05, 0.1) is 24.6 Å². The zero-order chi connectivity index (χ0) is 14.0. The second kappa shape index (κ2) is 4.87. The van der Waals surface area contributed by atoms with Crippen molar-refractivity contribution in [3.63, 3.8) is 0 Å². The summed E-state index contributed by atoms with van der Waals surface area (Å²) in [7, 11) is 0. The van der Waals surface area contributed by atoms with Crippen molar-refractivity contribution in [2.45, 2.75) is 39.8 Å². The maximum Gasteiger partial charge on any atom is 0.407 e. The van der Waals surface area contributed by atoms with Crippen molar-refractivity contribution >= 4 is 11.7 Å². The molecule has 2 heterocycles. The molecule has 0 spiro atoms. The molecule has 1 N–H and O–H groups in total. The van der Waals surface area contributed by atoms with Crippen LogP contribution in [0.25, 0.3) is 5.65 Å². The van der Waals surface area contributed by atoms with Gasteiger partial charge in [-0.05, 0) is 39.3 Å². The highest BCUT2D eigenvalue weighted by atomic mass is 16.6. The first-order valence-corrected chi connectivity index (χ1v) is 6.11. The second-order valence-corrected chi connectivity index (χ2v) is 5.42. The van der Waals surface area contributed by atoms with Crippen LogP contribution < -0.4 is 5.32 Å². The van der Waals surface area contributed by atoms with Gasteiger partial charge in [0.25, 0.3) is 0 Å². The molecule has 6 nitrogen and oxygen atoms in total. The highest BCUT2D eigenvalue weighted by Crippen LogP contribution is 2.08. The Kier molecular flexibility index (Phi) is 3.42. The van der Waals surface area contributed by atoms with E-state index in [0.717, 1.165) is 16.9 Å². The first-order valence-electron chi connectivity index (χ1n) is 6.11. The number of nitrogens with one attached hydrogen (secondary N) is 1. The third-order valence-electron chi connectivity index (χ3n) is 2.32. The predicted octanol–water partition coefficient (Wildman–Crippen LogP) is 2.06. The molecule has 0 radical (unpaired) electrons. The van der Waals surface area contributed by atoms with Gasteiger partial charge >= 0.3 is 6.09 Å². The number of hydrogen-bond donors (Lipinski definition) is 1. The predicted molar refractivity (Wildman–Crippen MR) is 70.8 cm³/mol. The van der Waals surface area contributed by atoms with Crippen LogP contribution in [0.2, 0.25) is 0 Å². The average Bonchev–Trinajstić information content (AvgIpc) is 2.66. The molecule has 2 aromatic heterocycles. The quantitative estimate of drug-likeness (QED) is 0.899. The van der Waals surface area contributed by atoms with Crippen LogP contribution in [0.4, 0.5) is 4.79 Å². The lowest BCUT2D eigenvalue weighted by Crippen LogP contribution is -2.32. The number of aromatic nitrogens is 3. The molecule has 0 atom stereocenters. The van der Waals surface area contributed by atoms with Crippen LogP contribution in [0.15, 0.2) is 18.5 Å². The van der Waals surface area contributed by atoms with Gasteiger partial charge in [-0.2, -0.15) is 5.10 Å². The smallest absolute Gasteiger partial charge is 0.407 e. The van der Waals surface area contributed by atoms with Crippen LogP contribution in [0, 0.1) is 6.92 Å². The normalized spacial score (nSPS) is 11.6. The summed E-state index contributed by atoms with van der Waals surface area (Å²) < 4.78 is 6.83. The highest BCUT2D eigenvalue weighted by molar-refractivity contribution is 5.67. The van der Waals surface area contributed by atoms with Crippen molar-refractivity contribution < 1.29 is 9.53 Å². The zero-order valence-electron chi connectivity index (χ0n) is 11.6. The molecule has 0 saturated carbocycles. The Hall–Kier alpha value is -2.11. The van der Waals surface area contributed by atoms with Crippen LogP contribution >= 0.6 is 0 Å². The molecule has 0 aliphatic rings. The van der Waals surface area contributed by atoms with Crippen LogP contribution in [-0.4, -0.2) is 26.3 Å². The molecular weight excluding hydrogens is 244 g/mol. The summed E-state index contributed by atoms with van der Waals surface area (Å²) in [5.41, 5.74) is 2.05. The van der Waals surface area contributed by atoms with Gasteiger partial charge in [0.2, 0.25) is 0 Å². The first kappa shape index (κ1) is 13.3. The molecule has 0 aromatic carbocycles. The van der Waals surface area contributed by atoms with Crippen molar-refractivity contribution in [3.05, 3.63) is 29.7 Å². The van der Waals surface area contributed by atoms with E-state index >= 15 is 0 Å². The minimum Gasteiger partial charge on any atom is -0.444 e. The van der Waals surface area contributed by atoms with E-state index in [1.165, 1.54) is 0 Å². The number of carbonyl (C=O) groups excluding carboxylic acids is 1. The van der Waals surface area contributed by atoms with Crippen molar-refractivity contribution in [1.29, 1.82) is 0 Å².